The molecule has 0 aliphatic heterocycles. The van der Waals surface area contributed by atoms with Crippen LogP contribution in [0.5, 0.6) is 0 Å². The quantitative estimate of drug-likeness (QED) is 0.447. The van der Waals surface area contributed by atoms with Crippen molar-refractivity contribution in [1.82, 2.24) is 5.32 Å². The van der Waals surface area contributed by atoms with Crippen LogP contribution in [0.3, 0.4) is 0 Å². The van der Waals surface area contributed by atoms with Crippen LogP contribution >= 0.6 is 11.6 Å². The number of nitrogens with one attached hydrogen (secondary N) is 1. The molecular formula is C23H21ClN2O5. The molecule has 0 bridgehead atoms. The van der Waals surface area contributed by atoms with Crippen LogP contribution in [0.2, 0.25) is 5.02 Å². The molecule has 1 atom stereocenters. The van der Waals surface area contributed by atoms with Gasteiger partial charge in [0.25, 0.3) is 0 Å². The summed E-state index contributed by atoms with van der Waals surface area (Å²) in [5, 5.41) is 3.84. The van der Waals surface area contributed by atoms with E-state index in [9.17, 15) is 14.4 Å². The summed E-state index contributed by atoms with van der Waals surface area (Å²) in [6, 6.07) is 10.6. The highest BCUT2D eigenvalue weighted by molar-refractivity contribution is 6.30. The third-order valence-electron chi connectivity index (χ3n) is 5.39. The number of hydrogen-bond acceptors (Lipinski definition) is 5. The lowest BCUT2D eigenvalue weighted by molar-refractivity contribution is -0.145. The standard InChI is InChI=1S/C23H21ClN2O5/c24-17-6-4-13(5-7-17)19(26-23(25)29)11-21(27)30-12-16-10-22(28)31-20-9-15-3-1-2-14(15)8-18(16)20/h4-10,19H,1-3,11-12H2,(H3,25,26,29)/t19-/m0/s1. The first kappa shape index (κ1) is 20.9. The Labute approximate surface area is 183 Å². The number of fused-ring (bicyclic) bond motifs is 2. The molecule has 1 heterocycles. The monoisotopic (exact) mass is 440 g/mol. The van der Waals surface area contributed by atoms with Crippen molar-refractivity contribution in [3.05, 3.63) is 80.2 Å². The Morgan fingerprint density at radius 2 is 1.84 bits per heavy atom. The second-order valence-corrected chi connectivity index (χ2v) is 7.98. The largest absolute Gasteiger partial charge is 0.461 e. The number of rotatable bonds is 6. The van der Waals surface area contributed by atoms with Gasteiger partial charge in [-0.05, 0) is 60.2 Å². The maximum atomic E-state index is 12.5. The van der Waals surface area contributed by atoms with Crippen LogP contribution < -0.4 is 16.7 Å². The minimum absolute atomic E-state index is 0.0797. The van der Waals surface area contributed by atoms with Crippen molar-refractivity contribution in [1.29, 1.82) is 0 Å². The molecule has 2 amide bonds. The smallest absolute Gasteiger partial charge is 0.336 e. The Morgan fingerprint density at radius 3 is 2.55 bits per heavy atom. The van der Waals surface area contributed by atoms with Gasteiger partial charge < -0.3 is 20.2 Å². The summed E-state index contributed by atoms with van der Waals surface area (Å²) in [4.78, 5) is 35.9. The van der Waals surface area contributed by atoms with Gasteiger partial charge in [0.15, 0.2) is 0 Å². The molecule has 0 spiro atoms. The van der Waals surface area contributed by atoms with E-state index < -0.39 is 23.7 Å². The first-order chi connectivity index (χ1) is 14.9. The molecule has 3 aromatic rings. The van der Waals surface area contributed by atoms with E-state index in [1.54, 1.807) is 24.3 Å². The number of nitrogens with two attached hydrogens (primary N) is 1. The molecule has 0 radical (unpaired) electrons. The molecule has 1 aliphatic carbocycles. The first-order valence-corrected chi connectivity index (χ1v) is 10.3. The zero-order valence-corrected chi connectivity index (χ0v) is 17.4. The van der Waals surface area contributed by atoms with Crippen LogP contribution in [0, 0.1) is 0 Å². The molecule has 3 N–H and O–H groups in total. The van der Waals surface area contributed by atoms with E-state index in [4.69, 9.17) is 26.5 Å². The molecular weight excluding hydrogens is 420 g/mol. The molecule has 8 heteroatoms. The van der Waals surface area contributed by atoms with Crippen LogP contribution in [0.1, 0.15) is 41.1 Å². The number of carbonyl (C=O) groups excluding carboxylic acids is 2. The van der Waals surface area contributed by atoms with Gasteiger partial charge in [0, 0.05) is 22.0 Å². The van der Waals surface area contributed by atoms with Crippen LogP contribution in [0.25, 0.3) is 11.0 Å². The van der Waals surface area contributed by atoms with Crippen LogP contribution in [-0.4, -0.2) is 12.0 Å². The highest BCUT2D eigenvalue weighted by Gasteiger charge is 2.20. The Balaban J connectivity index is 1.51. The average molecular weight is 441 g/mol. The topological polar surface area (TPSA) is 112 Å². The molecule has 4 rings (SSSR count). The third-order valence-corrected chi connectivity index (χ3v) is 5.64. The molecule has 0 saturated heterocycles. The van der Waals surface area contributed by atoms with Crippen LogP contribution in [0.4, 0.5) is 4.79 Å². The highest BCUT2D eigenvalue weighted by atomic mass is 35.5. The fourth-order valence-corrected chi connectivity index (χ4v) is 4.04. The zero-order valence-electron chi connectivity index (χ0n) is 16.7. The number of hydrogen-bond donors (Lipinski definition) is 2. The maximum Gasteiger partial charge on any atom is 0.336 e. The minimum Gasteiger partial charge on any atom is -0.461 e. The van der Waals surface area contributed by atoms with Crippen molar-refractivity contribution in [2.75, 3.05) is 0 Å². The van der Waals surface area contributed by atoms with Crippen molar-refractivity contribution < 1.29 is 18.7 Å². The normalized spacial score (nSPS) is 13.6. The first-order valence-electron chi connectivity index (χ1n) is 9.94. The van der Waals surface area contributed by atoms with E-state index in [1.165, 1.54) is 17.2 Å². The number of urea groups is 1. The van der Waals surface area contributed by atoms with Gasteiger partial charge in [-0.2, -0.15) is 0 Å². The van der Waals surface area contributed by atoms with Gasteiger partial charge in [-0.15, -0.1) is 0 Å². The minimum atomic E-state index is -0.756. The number of ether oxygens (including phenoxy) is 1. The second-order valence-electron chi connectivity index (χ2n) is 7.54. The molecule has 0 saturated carbocycles. The van der Waals surface area contributed by atoms with Gasteiger partial charge in [0.1, 0.15) is 12.2 Å². The predicted molar refractivity (Wildman–Crippen MR) is 116 cm³/mol. The Hall–Kier alpha value is -3.32. The van der Waals surface area contributed by atoms with E-state index in [0.29, 0.717) is 21.7 Å². The molecule has 1 aliphatic rings. The number of esters is 1. The van der Waals surface area contributed by atoms with Crippen molar-refractivity contribution >= 4 is 34.6 Å². The zero-order chi connectivity index (χ0) is 22.0. The lowest BCUT2D eigenvalue weighted by atomic mass is 10.0. The lowest BCUT2D eigenvalue weighted by Gasteiger charge is -2.17. The van der Waals surface area contributed by atoms with Crippen LogP contribution in [0.15, 0.2) is 51.7 Å². The Bertz CT molecular complexity index is 1200. The number of benzene rings is 2. The van der Waals surface area contributed by atoms with Crippen molar-refractivity contribution in [3.63, 3.8) is 0 Å². The average Bonchev–Trinajstić information content (AvgIpc) is 3.17. The summed E-state index contributed by atoms with van der Waals surface area (Å²) in [6.45, 7) is -0.0797. The van der Waals surface area contributed by atoms with E-state index in [0.717, 1.165) is 24.6 Å². The number of aryl methyl sites for hydroxylation is 2. The van der Waals surface area contributed by atoms with Gasteiger partial charge in [0.05, 0.1) is 12.5 Å². The number of halogens is 1. The van der Waals surface area contributed by atoms with E-state index in [1.807, 2.05) is 12.1 Å². The fraction of sp³-hybridized carbons (Fsp3) is 0.261. The Kier molecular flexibility index (Phi) is 5.95. The van der Waals surface area contributed by atoms with Gasteiger partial charge in [-0.1, -0.05) is 23.7 Å². The summed E-state index contributed by atoms with van der Waals surface area (Å²) in [5.74, 6) is -0.545. The second kappa shape index (κ2) is 8.81. The molecule has 160 valence electrons. The summed E-state index contributed by atoms with van der Waals surface area (Å²) in [5.41, 5.74) is 8.92. The van der Waals surface area contributed by atoms with Crippen molar-refractivity contribution in [2.24, 2.45) is 5.73 Å². The third kappa shape index (κ3) is 4.88. The van der Waals surface area contributed by atoms with Gasteiger partial charge in [-0.25, -0.2) is 9.59 Å². The molecule has 2 aromatic carbocycles. The molecule has 0 fully saturated rings. The summed E-state index contributed by atoms with van der Waals surface area (Å²) >= 11 is 5.90. The summed E-state index contributed by atoms with van der Waals surface area (Å²) < 4.78 is 10.8. The van der Waals surface area contributed by atoms with E-state index in [-0.39, 0.29) is 13.0 Å². The Morgan fingerprint density at radius 1 is 1.13 bits per heavy atom. The van der Waals surface area contributed by atoms with Gasteiger partial charge in [-0.3, -0.25) is 4.79 Å². The predicted octanol–water partition coefficient (Wildman–Crippen LogP) is 3.78. The van der Waals surface area contributed by atoms with E-state index >= 15 is 0 Å². The van der Waals surface area contributed by atoms with E-state index in [2.05, 4.69) is 5.32 Å². The molecule has 0 unspecified atom stereocenters. The summed E-state index contributed by atoms with van der Waals surface area (Å²) in [7, 11) is 0. The van der Waals surface area contributed by atoms with Gasteiger partial charge in [0.2, 0.25) is 0 Å². The lowest BCUT2D eigenvalue weighted by Crippen LogP contribution is -2.34. The summed E-state index contributed by atoms with van der Waals surface area (Å²) in [6.07, 6.45) is 2.89. The number of carbonyl (C=O) groups is 2. The SMILES string of the molecule is NC(=O)N[C@@H](CC(=O)OCc1cc(=O)oc2cc3c(cc12)CCC3)c1ccc(Cl)cc1. The molecule has 31 heavy (non-hydrogen) atoms. The number of amides is 2. The maximum absolute atomic E-state index is 12.5. The van der Waals surface area contributed by atoms with Gasteiger partial charge >= 0.3 is 17.6 Å². The van der Waals surface area contributed by atoms with Crippen molar-refractivity contribution in [3.8, 4) is 0 Å². The molecule has 1 aromatic heterocycles. The molecule has 7 nitrogen and oxygen atoms in total. The van der Waals surface area contributed by atoms with Crippen LogP contribution in [-0.2, 0) is 29.0 Å². The highest BCUT2D eigenvalue weighted by Crippen LogP contribution is 2.29. The van der Waals surface area contributed by atoms with Crippen molar-refractivity contribution in [2.45, 2.75) is 38.3 Å². The number of primary amides is 1. The fourth-order valence-electron chi connectivity index (χ4n) is 3.92.